The largest absolute Gasteiger partial charge is 0.506 e. The lowest BCUT2D eigenvalue weighted by Crippen LogP contribution is -2.28. The smallest absolute Gasteiger partial charge is 0.229 e. The van der Waals surface area contributed by atoms with Crippen LogP contribution < -0.4 is 5.32 Å². The molecule has 1 amide bonds. The predicted molar refractivity (Wildman–Crippen MR) is 84.4 cm³/mol. The first-order valence-electron chi connectivity index (χ1n) is 7.12. The molecule has 4 nitrogen and oxygen atoms in total. The molecule has 1 aromatic heterocycles. The number of carbonyl (C=O) groups is 1. The number of anilines is 1. The van der Waals surface area contributed by atoms with E-state index in [1.807, 2.05) is 45.0 Å². The molecule has 0 unspecified atom stereocenters. The Labute approximate surface area is 125 Å². The van der Waals surface area contributed by atoms with Gasteiger partial charge < -0.3 is 15.4 Å². The molecular formula is C17H22N2O2. The van der Waals surface area contributed by atoms with E-state index in [-0.39, 0.29) is 11.7 Å². The third-order valence-corrected chi connectivity index (χ3v) is 3.42. The minimum absolute atomic E-state index is 0.000517. The molecule has 0 spiro atoms. The van der Waals surface area contributed by atoms with Crippen molar-refractivity contribution in [2.24, 2.45) is 5.41 Å². The maximum atomic E-state index is 12.1. The van der Waals surface area contributed by atoms with Crippen molar-refractivity contribution >= 4 is 11.6 Å². The lowest BCUT2D eigenvalue weighted by Gasteiger charge is -2.19. The Morgan fingerprint density at radius 3 is 2.43 bits per heavy atom. The first kappa shape index (κ1) is 15.2. The van der Waals surface area contributed by atoms with Crippen LogP contribution in [-0.4, -0.2) is 16.0 Å². The number of aromatic nitrogens is 1. The van der Waals surface area contributed by atoms with Crippen molar-refractivity contribution in [3.05, 3.63) is 47.8 Å². The third-order valence-electron chi connectivity index (χ3n) is 3.42. The van der Waals surface area contributed by atoms with Crippen molar-refractivity contribution < 1.29 is 9.90 Å². The summed E-state index contributed by atoms with van der Waals surface area (Å²) in [5.74, 6) is 0.283. The Kier molecular flexibility index (Phi) is 4.36. The second-order valence-electron chi connectivity index (χ2n) is 6.23. The van der Waals surface area contributed by atoms with Crippen molar-refractivity contribution in [3.8, 4) is 5.75 Å². The second-order valence-corrected chi connectivity index (χ2v) is 6.23. The summed E-state index contributed by atoms with van der Waals surface area (Å²) in [4.78, 5) is 15.0. The summed E-state index contributed by atoms with van der Waals surface area (Å²) >= 11 is 0. The van der Waals surface area contributed by atoms with E-state index in [9.17, 15) is 9.90 Å². The Morgan fingerprint density at radius 2 is 1.81 bits per heavy atom. The summed E-state index contributed by atoms with van der Waals surface area (Å²) in [6.07, 6.45) is 4.85. The average Bonchev–Trinajstić information content (AvgIpc) is 2.82. The van der Waals surface area contributed by atoms with E-state index in [0.717, 1.165) is 29.7 Å². The summed E-state index contributed by atoms with van der Waals surface area (Å²) in [5, 5.41) is 12.6. The van der Waals surface area contributed by atoms with Crippen molar-refractivity contribution in [1.82, 2.24) is 4.98 Å². The van der Waals surface area contributed by atoms with Crippen molar-refractivity contribution in [2.45, 2.75) is 33.6 Å². The van der Waals surface area contributed by atoms with Crippen molar-refractivity contribution in [2.75, 3.05) is 5.32 Å². The topological polar surface area (TPSA) is 65.1 Å². The molecule has 0 aliphatic carbocycles. The van der Waals surface area contributed by atoms with Crippen LogP contribution in [0.5, 0.6) is 5.75 Å². The van der Waals surface area contributed by atoms with Crippen LogP contribution in [0.25, 0.3) is 0 Å². The van der Waals surface area contributed by atoms with E-state index < -0.39 is 5.41 Å². The summed E-state index contributed by atoms with van der Waals surface area (Å²) in [6.45, 7) is 5.67. The van der Waals surface area contributed by atoms with Gasteiger partial charge in [-0.25, -0.2) is 0 Å². The molecule has 1 aromatic carbocycles. The maximum Gasteiger partial charge on any atom is 0.229 e. The predicted octanol–water partition coefficient (Wildman–Crippen LogP) is 3.49. The zero-order valence-electron chi connectivity index (χ0n) is 12.7. The van der Waals surface area contributed by atoms with Crippen LogP contribution in [0.1, 0.15) is 31.9 Å². The number of H-pyrrole nitrogens is 1. The van der Waals surface area contributed by atoms with Crippen LogP contribution in [0.15, 0.2) is 36.7 Å². The molecule has 21 heavy (non-hydrogen) atoms. The highest BCUT2D eigenvalue weighted by molar-refractivity contribution is 5.95. The number of rotatable bonds is 4. The van der Waals surface area contributed by atoms with Crippen LogP contribution in [0.2, 0.25) is 0 Å². The molecule has 2 rings (SSSR count). The standard InChI is InChI=1S/C17H22N2O2/c1-17(2,3)16(21)19-14-7-5-4-6-12(14)8-9-13-10-18-11-15(13)20/h4-7,10-11,18,20H,8-9H2,1-3H3,(H,19,21). The van der Waals surface area contributed by atoms with Gasteiger partial charge in [-0.2, -0.15) is 0 Å². The normalized spacial score (nSPS) is 11.4. The van der Waals surface area contributed by atoms with Gasteiger partial charge in [0.15, 0.2) is 0 Å². The minimum Gasteiger partial charge on any atom is -0.506 e. The highest BCUT2D eigenvalue weighted by Crippen LogP contribution is 2.23. The van der Waals surface area contributed by atoms with Gasteiger partial charge in [0, 0.05) is 29.1 Å². The van der Waals surface area contributed by atoms with Gasteiger partial charge >= 0.3 is 0 Å². The first-order chi connectivity index (χ1) is 9.88. The summed E-state index contributed by atoms with van der Waals surface area (Å²) in [6, 6.07) is 7.78. The van der Waals surface area contributed by atoms with Crippen molar-refractivity contribution in [3.63, 3.8) is 0 Å². The number of hydrogen-bond donors (Lipinski definition) is 3. The molecule has 0 bridgehead atoms. The SMILES string of the molecule is CC(C)(C)C(=O)Nc1ccccc1CCc1c[nH]cc1O. The zero-order valence-corrected chi connectivity index (χ0v) is 12.7. The molecule has 112 valence electrons. The fourth-order valence-electron chi connectivity index (χ4n) is 2.03. The monoisotopic (exact) mass is 286 g/mol. The van der Waals surface area contributed by atoms with Crippen LogP contribution in [-0.2, 0) is 17.6 Å². The van der Waals surface area contributed by atoms with Gasteiger partial charge in [0.2, 0.25) is 5.91 Å². The third kappa shape index (κ3) is 3.88. The molecule has 0 fully saturated rings. The van der Waals surface area contributed by atoms with E-state index >= 15 is 0 Å². The van der Waals surface area contributed by atoms with Gasteiger partial charge in [0.25, 0.3) is 0 Å². The highest BCUT2D eigenvalue weighted by Gasteiger charge is 2.21. The van der Waals surface area contributed by atoms with E-state index in [1.165, 1.54) is 0 Å². The molecule has 0 radical (unpaired) electrons. The van der Waals surface area contributed by atoms with E-state index in [4.69, 9.17) is 0 Å². The number of para-hydroxylation sites is 1. The minimum atomic E-state index is -0.425. The molecular weight excluding hydrogens is 264 g/mol. The van der Waals surface area contributed by atoms with Gasteiger partial charge in [-0.1, -0.05) is 39.0 Å². The zero-order chi connectivity index (χ0) is 15.5. The average molecular weight is 286 g/mol. The van der Waals surface area contributed by atoms with Gasteiger partial charge in [0.1, 0.15) is 5.75 Å². The maximum absolute atomic E-state index is 12.1. The molecule has 4 heteroatoms. The fraction of sp³-hybridized carbons (Fsp3) is 0.353. The van der Waals surface area contributed by atoms with Crippen LogP contribution >= 0.6 is 0 Å². The number of benzene rings is 1. The van der Waals surface area contributed by atoms with E-state index in [1.54, 1.807) is 12.4 Å². The number of hydrogen-bond acceptors (Lipinski definition) is 2. The molecule has 0 aliphatic heterocycles. The van der Waals surface area contributed by atoms with Crippen LogP contribution in [0, 0.1) is 5.41 Å². The van der Waals surface area contributed by atoms with Gasteiger partial charge in [-0.15, -0.1) is 0 Å². The van der Waals surface area contributed by atoms with Gasteiger partial charge in [-0.3, -0.25) is 4.79 Å². The summed E-state index contributed by atoms with van der Waals surface area (Å²) in [5.41, 5.74) is 2.36. The number of carbonyl (C=O) groups excluding carboxylic acids is 1. The Hall–Kier alpha value is -2.23. The molecule has 0 saturated heterocycles. The quantitative estimate of drug-likeness (QED) is 0.805. The van der Waals surface area contributed by atoms with Gasteiger partial charge in [-0.05, 0) is 24.5 Å². The molecule has 0 saturated carbocycles. The number of amides is 1. The van der Waals surface area contributed by atoms with E-state index in [2.05, 4.69) is 10.3 Å². The molecule has 0 aliphatic rings. The molecule has 2 aromatic rings. The van der Waals surface area contributed by atoms with Crippen LogP contribution in [0.4, 0.5) is 5.69 Å². The molecule has 1 heterocycles. The fourth-order valence-corrected chi connectivity index (χ4v) is 2.03. The first-order valence-corrected chi connectivity index (χ1v) is 7.12. The number of nitrogens with one attached hydrogen (secondary N) is 2. The Morgan fingerprint density at radius 1 is 1.14 bits per heavy atom. The highest BCUT2D eigenvalue weighted by atomic mass is 16.3. The Bertz CT molecular complexity index is 624. The lowest BCUT2D eigenvalue weighted by atomic mass is 9.95. The molecule has 0 atom stereocenters. The summed E-state index contributed by atoms with van der Waals surface area (Å²) < 4.78 is 0. The van der Waals surface area contributed by atoms with E-state index in [0.29, 0.717) is 0 Å². The van der Waals surface area contributed by atoms with Crippen molar-refractivity contribution in [1.29, 1.82) is 0 Å². The lowest BCUT2D eigenvalue weighted by molar-refractivity contribution is -0.123. The summed E-state index contributed by atoms with van der Waals surface area (Å²) in [7, 11) is 0. The van der Waals surface area contributed by atoms with Crippen LogP contribution in [0.3, 0.4) is 0 Å². The Balaban J connectivity index is 2.10. The second kappa shape index (κ2) is 6.04. The number of aromatic hydroxyl groups is 1. The molecule has 3 N–H and O–H groups in total. The number of aromatic amines is 1. The van der Waals surface area contributed by atoms with Gasteiger partial charge in [0.05, 0.1) is 0 Å². The number of aryl methyl sites for hydroxylation is 2.